The van der Waals surface area contributed by atoms with E-state index < -0.39 is 0 Å². The fraction of sp³-hybridized carbons (Fsp3) is 0.350. The zero-order valence-corrected chi connectivity index (χ0v) is 15.1. The molecule has 134 valence electrons. The second-order valence-electron chi connectivity index (χ2n) is 7.71. The highest BCUT2D eigenvalue weighted by atomic mass is 16.4. The van der Waals surface area contributed by atoms with Crippen molar-refractivity contribution in [2.24, 2.45) is 0 Å². The summed E-state index contributed by atoms with van der Waals surface area (Å²) < 4.78 is 5.89. The molecule has 3 aromatic rings. The van der Waals surface area contributed by atoms with Crippen LogP contribution in [0.25, 0.3) is 10.9 Å². The molecule has 0 unspecified atom stereocenters. The third-order valence-corrected chi connectivity index (χ3v) is 4.64. The van der Waals surface area contributed by atoms with Crippen molar-refractivity contribution in [1.82, 2.24) is 14.9 Å². The lowest BCUT2D eigenvalue weighted by molar-refractivity contribution is 0.0729. The zero-order valence-electron chi connectivity index (χ0n) is 15.1. The van der Waals surface area contributed by atoms with Crippen molar-refractivity contribution < 1.29 is 9.21 Å². The Bertz CT molecular complexity index is 1060. The maximum Gasteiger partial charge on any atom is 0.255 e. The fourth-order valence-corrected chi connectivity index (χ4v) is 3.24. The van der Waals surface area contributed by atoms with Gasteiger partial charge in [0.1, 0.15) is 11.5 Å². The molecule has 0 radical (unpaired) electrons. The Hall–Kier alpha value is -2.89. The number of nitrogens with zero attached hydrogens (tertiary/aromatic N) is 2. The zero-order chi connectivity index (χ0) is 18.5. The van der Waals surface area contributed by atoms with Crippen LogP contribution in [-0.2, 0) is 18.4 Å². The van der Waals surface area contributed by atoms with Gasteiger partial charge in [-0.3, -0.25) is 9.59 Å². The summed E-state index contributed by atoms with van der Waals surface area (Å²) in [6.45, 7) is 7.10. The molecule has 1 amide bonds. The van der Waals surface area contributed by atoms with Gasteiger partial charge in [0.05, 0.1) is 12.1 Å². The first-order valence-electron chi connectivity index (χ1n) is 8.73. The molecule has 0 fully saturated rings. The van der Waals surface area contributed by atoms with Crippen molar-refractivity contribution in [3.63, 3.8) is 0 Å². The van der Waals surface area contributed by atoms with Crippen LogP contribution in [0.5, 0.6) is 0 Å². The Morgan fingerprint density at radius 1 is 1.27 bits per heavy atom. The second-order valence-corrected chi connectivity index (χ2v) is 7.71. The number of fused-ring (bicyclic) bond motifs is 2. The number of nitrogens with one attached hydrogen (secondary N) is 1. The normalized spacial score (nSPS) is 14.5. The van der Waals surface area contributed by atoms with Gasteiger partial charge in [0.15, 0.2) is 5.89 Å². The minimum absolute atomic E-state index is 0.154. The van der Waals surface area contributed by atoms with Crippen molar-refractivity contribution in [1.29, 1.82) is 0 Å². The van der Waals surface area contributed by atoms with Gasteiger partial charge in [0, 0.05) is 35.3 Å². The monoisotopic (exact) mass is 351 g/mol. The first-order valence-corrected chi connectivity index (χ1v) is 8.73. The molecule has 0 saturated carbocycles. The molecular weight excluding hydrogens is 330 g/mol. The van der Waals surface area contributed by atoms with Crippen molar-refractivity contribution in [3.05, 3.63) is 63.6 Å². The average molecular weight is 351 g/mol. The lowest BCUT2D eigenvalue weighted by atomic mass is 9.97. The number of amides is 1. The number of rotatable bonds is 1. The van der Waals surface area contributed by atoms with E-state index in [1.807, 2.05) is 18.2 Å². The maximum absolute atomic E-state index is 13.1. The predicted octanol–water partition coefficient (Wildman–Crippen LogP) is 3.01. The minimum Gasteiger partial charge on any atom is -0.445 e. The van der Waals surface area contributed by atoms with Gasteiger partial charge in [0.2, 0.25) is 5.56 Å². The van der Waals surface area contributed by atoms with Gasteiger partial charge in [-0.15, -0.1) is 0 Å². The summed E-state index contributed by atoms with van der Waals surface area (Å²) >= 11 is 0. The van der Waals surface area contributed by atoms with Gasteiger partial charge in [-0.1, -0.05) is 39.0 Å². The van der Waals surface area contributed by atoms with Crippen LogP contribution in [0, 0.1) is 0 Å². The summed E-state index contributed by atoms with van der Waals surface area (Å²) in [5.41, 5.74) is 1.45. The number of hydrogen-bond donors (Lipinski definition) is 1. The molecular formula is C20H21N3O3. The van der Waals surface area contributed by atoms with Crippen molar-refractivity contribution in [2.45, 2.75) is 39.2 Å². The molecule has 3 heterocycles. The summed E-state index contributed by atoms with van der Waals surface area (Å²) in [5, 5.41) is 0.749. The highest BCUT2D eigenvalue weighted by molar-refractivity contribution is 6.05. The first-order chi connectivity index (χ1) is 12.3. The molecule has 4 rings (SSSR count). The molecule has 0 aliphatic carbocycles. The molecule has 1 N–H and O–H groups in total. The Morgan fingerprint density at radius 2 is 2.04 bits per heavy atom. The largest absolute Gasteiger partial charge is 0.445 e. The molecule has 1 aliphatic rings. The van der Waals surface area contributed by atoms with E-state index in [0.29, 0.717) is 36.5 Å². The smallest absolute Gasteiger partial charge is 0.255 e. The number of pyridine rings is 1. The summed E-state index contributed by atoms with van der Waals surface area (Å²) in [5.74, 6) is 1.39. The van der Waals surface area contributed by atoms with E-state index in [-0.39, 0.29) is 16.9 Å². The number of para-hydroxylation sites is 1. The third-order valence-electron chi connectivity index (χ3n) is 4.64. The number of H-pyrrole nitrogens is 1. The van der Waals surface area contributed by atoms with Crippen LogP contribution < -0.4 is 5.56 Å². The molecule has 1 aromatic carbocycles. The number of benzene rings is 1. The number of aromatic nitrogens is 2. The Kier molecular flexibility index (Phi) is 3.72. The first kappa shape index (κ1) is 16.6. The van der Waals surface area contributed by atoms with E-state index in [1.165, 1.54) is 6.07 Å². The summed E-state index contributed by atoms with van der Waals surface area (Å²) in [6.07, 6.45) is 0.630. The molecule has 0 bridgehead atoms. The Labute approximate surface area is 150 Å². The average Bonchev–Trinajstić information content (AvgIpc) is 3.04. The van der Waals surface area contributed by atoms with E-state index in [9.17, 15) is 9.59 Å². The highest BCUT2D eigenvalue weighted by Gasteiger charge is 2.30. The second kappa shape index (κ2) is 5.83. The van der Waals surface area contributed by atoms with Crippen LogP contribution in [0.2, 0.25) is 0 Å². The maximum atomic E-state index is 13.1. The van der Waals surface area contributed by atoms with Crippen molar-refractivity contribution in [3.8, 4) is 0 Å². The van der Waals surface area contributed by atoms with Crippen molar-refractivity contribution >= 4 is 16.8 Å². The van der Waals surface area contributed by atoms with Gasteiger partial charge in [0.25, 0.3) is 5.91 Å². The third kappa shape index (κ3) is 2.81. The summed E-state index contributed by atoms with van der Waals surface area (Å²) in [6, 6.07) is 8.72. The van der Waals surface area contributed by atoms with E-state index >= 15 is 0 Å². The van der Waals surface area contributed by atoms with Gasteiger partial charge < -0.3 is 14.3 Å². The number of aromatic amines is 1. The topological polar surface area (TPSA) is 79.2 Å². The molecule has 26 heavy (non-hydrogen) atoms. The Morgan fingerprint density at radius 3 is 2.81 bits per heavy atom. The quantitative estimate of drug-likeness (QED) is 0.731. The Balaban J connectivity index is 1.69. The predicted molar refractivity (Wildman–Crippen MR) is 98.2 cm³/mol. The molecule has 1 aliphatic heterocycles. The number of carbonyl (C=O) groups is 1. The molecule has 6 heteroatoms. The van der Waals surface area contributed by atoms with Crippen LogP contribution >= 0.6 is 0 Å². The van der Waals surface area contributed by atoms with Crippen LogP contribution in [-0.4, -0.2) is 27.3 Å². The molecule has 0 spiro atoms. The molecule has 0 saturated heterocycles. The number of oxazole rings is 1. The molecule has 2 aromatic heterocycles. The van der Waals surface area contributed by atoms with Gasteiger partial charge in [-0.25, -0.2) is 4.98 Å². The van der Waals surface area contributed by atoms with Crippen LogP contribution in [0.3, 0.4) is 0 Å². The summed E-state index contributed by atoms with van der Waals surface area (Å²) in [7, 11) is 0. The minimum atomic E-state index is -0.277. The lowest BCUT2D eigenvalue weighted by Gasteiger charge is -2.25. The number of hydrogen-bond acceptors (Lipinski definition) is 4. The summed E-state index contributed by atoms with van der Waals surface area (Å²) in [4.78, 5) is 34.1. The van der Waals surface area contributed by atoms with Gasteiger partial charge in [-0.05, 0) is 6.07 Å². The van der Waals surface area contributed by atoms with Crippen LogP contribution in [0.1, 0.15) is 48.5 Å². The molecule has 6 nitrogen and oxygen atoms in total. The standard InChI is InChI=1S/C20H21N3O3/c1-20(2,3)19-22-15-11-23(9-8-16(15)26-19)18(25)13-10-17(24)21-14-7-5-4-6-12(13)14/h4-7,10H,8-9,11H2,1-3H3,(H,21,24). The van der Waals surface area contributed by atoms with Crippen LogP contribution in [0.15, 0.2) is 39.5 Å². The van der Waals surface area contributed by atoms with E-state index in [2.05, 4.69) is 30.7 Å². The lowest BCUT2D eigenvalue weighted by Crippen LogP contribution is -2.36. The SMILES string of the molecule is CC(C)(C)c1nc2c(o1)CCN(C(=O)c1cc(=O)[nH]c3ccccc13)C2. The van der Waals surface area contributed by atoms with E-state index in [4.69, 9.17) is 4.42 Å². The van der Waals surface area contributed by atoms with Gasteiger partial charge >= 0.3 is 0 Å². The van der Waals surface area contributed by atoms with E-state index in [0.717, 1.165) is 16.8 Å². The van der Waals surface area contributed by atoms with Crippen LogP contribution in [0.4, 0.5) is 0 Å². The molecule has 0 atom stereocenters. The van der Waals surface area contributed by atoms with Crippen molar-refractivity contribution in [2.75, 3.05) is 6.54 Å². The number of carbonyl (C=O) groups excluding carboxylic acids is 1. The van der Waals surface area contributed by atoms with Gasteiger partial charge in [-0.2, -0.15) is 0 Å². The fourth-order valence-electron chi connectivity index (χ4n) is 3.24. The highest BCUT2D eigenvalue weighted by Crippen LogP contribution is 2.28. The van der Waals surface area contributed by atoms with E-state index in [1.54, 1.807) is 11.0 Å².